The minimum absolute atomic E-state index is 0.387. The molecule has 2 unspecified atom stereocenters. The molecule has 2 aliphatic heterocycles. The van der Waals surface area contributed by atoms with Crippen LogP contribution in [-0.4, -0.2) is 30.2 Å². The molecule has 0 aromatic carbocycles. The molecule has 0 spiro atoms. The van der Waals surface area contributed by atoms with Crippen LogP contribution in [0, 0.1) is 0 Å². The van der Waals surface area contributed by atoms with Gasteiger partial charge in [0.05, 0.1) is 19.9 Å². The highest BCUT2D eigenvalue weighted by Crippen LogP contribution is 2.48. The van der Waals surface area contributed by atoms with Gasteiger partial charge in [-0.3, -0.25) is 0 Å². The van der Waals surface area contributed by atoms with E-state index >= 15 is 0 Å². The Bertz CT molecular complexity index is 248. The van der Waals surface area contributed by atoms with E-state index in [-0.39, 0.29) is 0 Å². The van der Waals surface area contributed by atoms with Crippen molar-refractivity contribution in [3.8, 4) is 0 Å². The average Bonchev–Trinajstić information content (AvgIpc) is 2.55. The summed E-state index contributed by atoms with van der Waals surface area (Å²) in [7, 11) is 2.30. The molecule has 0 saturated carbocycles. The number of nitrogens with zero attached hydrogens (tertiary/aromatic N) is 1. The number of halogens is 1. The van der Waals surface area contributed by atoms with E-state index in [1.165, 1.54) is 25.8 Å². The first kappa shape index (κ1) is 9.20. The third-order valence-electron chi connectivity index (χ3n) is 4.36. The molecule has 0 bridgehead atoms. The van der Waals surface area contributed by atoms with Crippen molar-refractivity contribution in [2.45, 2.75) is 38.1 Å². The molecular weight excluding hydrogens is 165 g/mol. The summed E-state index contributed by atoms with van der Waals surface area (Å²) in [5.74, 6) is 0. The molecule has 2 saturated heterocycles. The molecule has 0 N–H and O–H groups in total. The predicted octanol–water partition coefficient (Wildman–Crippen LogP) is 2.63. The van der Waals surface area contributed by atoms with Gasteiger partial charge in [-0.1, -0.05) is 6.92 Å². The normalized spacial score (nSPS) is 47.2. The Labute approximate surface area is 79.8 Å². The second-order valence-corrected chi connectivity index (χ2v) is 4.90. The molecule has 0 aliphatic carbocycles. The maximum Gasteiger partial charge on any atom is 0.103 e. The summed E-state index contributed by atoms with van der Waals surface area (Å²) in [6.07, 6.45) is 5.65. The Balaban J connectivity index is 2.32. The summed E-state index contributed by atoms with van der Waals surface area (Å²) in [6, 6.07) is 0. The molecule has 0 aromatic heterocycles. The van der Waals surface area contributed by atoms with Crippen LogP contribution in [-0.2, 0) is 0 Å². The van der Waals surface area contributed by atoms with Gasteiger partial charge in [0.2, 0.25) is 0 Å². The third kappa shape index (κ3) is 1.08. The van der Waals surface area contributed by atoms with Gasteiger partial charge in [-0.15, -0.1) is 0 Å². The van der Waals surface area contributed by atoms with Gasteiger partial charge in [0.1, 0.15) is 12.1 Å². The lowest BCUT2D eigenvalue weighted by Crippen LogP contribution is -2.52. The van der Waals surface area contributed by atoms with Crippen LogP contribution in [0.5, 0.6) is 0 Å². The van der Waals surface area contributed by atoms with E-state index in [0.717, 1.165) is 29.4 Å². The molecule has 2 rings (SSSR count). The Kier molecular flexibility index (Phi) is 1.99. The van der Waals surface area contributed by atoms with Crippen LogP contribution in [0.3, 0.4) is 0 Å². The van der Waals surface area contributed by atoms with Crippen molar-refractivity contribution in [1.29, 1.82) is 0 Å². The fourth-order valence-electron chi connectivity index (χ4n) is 3.47. The van der Waals surface area contributed by atoms with Crippen LogP contribution in [0.15, 0.2) is 11.9 Å². The van der Waals surface area contributed by atoms with Crippen molar-refractivity contribution in [2.24, 2.45) is 0 Å². The van der Waals surface area contributed by atoms with Crippen molar-refractivity contribution in [1.82, 2.24) is 0 Å². The van der Waals surface area contributed by atoms with Crippen LogP contribution in [0.1, 0.15) is 32.6 Å². The van der Waals surface area contributed by atoms with Crippen molar-refractivity contribution >= 4 is 0 Å². The summed E-state index contributed by atoms with van der Waals surface area (Å²) in [5.41, 5.74) is 1.42. The molecular formula is C11H19FN+. The molecule has 2 heterocycles. The molecule has 74 valence electrons. The minimum Gasteiger partial charge on any atom is -0.317 e. The summed E-state index contributed by atoms with van der Waals surface area (Å²) >= 11 is 0. The van der Waals surface area contributed by atoms with E-state index in [0.29, 0.717) is 5.54 Å². The summed E-state index contributed by atoms with van der Waals surface area (Å²) in [4.78, 5) is 0. The first-order valence-corrected chi connectivity index (χ1v) is 5.29. The van der Waals surface area contributed by atoms with Crippen molar-refractivity contribution < 1.29 is 8.87 Å². The molecule has 2 heteroatoms. The van der Waals surface area contributed by atoms with Crippen molar-refractivity contribution in [3.05, 3.63) is 11.9 Å². The van der Waals surface area contributed by atoms with E-state index in [1.807, 2.05) is 0 Å². The van der Waals surface area contributed by atoms with Gasteiger partial charge in [0.15, 0.2) is 0 Å². The fourth-order valence-corrected chi connectivity index (χ4v) is 3.47. The molecule has 0 radical (unpaired) electrons. The fraction of sp³-hybridized carbons (Fsp3) is 0.818. The Morgan fingerprint density at radius 1 is 1.62 bits per heavy atom. The first-order chi connectivity index (χ1) is 6.16. The Morgan fingerprint density at radius 2 is 2.38 bits per heavy atom. The maximum atomic E-state index is 12.5. The standard InChI is InChI=1S/C11H19FN/c1-3-11-5-4-6-13(11,2)9-10(7-11)8-12/h8H,3-7,9H2,1-2H3/q+1/b10-8+. The van der Waals surface area contributed by atoms with E-state index in [4.69, 9.17) is 0 Å². The topological polar surface area (TPSA) is 0 Å². The summed E-state index contributed by atoms with van der Waals surface area (Å²) in [5, 5.41) is 0. The monoisotopic (exact) mass is 184 g/mol. The molecule has 1 nitrogen and oxygen atoms in total. The van der Waals surface area contributed by atoms with Crippen LogP contribution in [0.2, 0.25) is 0 Å². The predicted molar refractivity (Wildman–Crippen MR) is 52.0 cm³/mol. The number of hydrogen-bond donors (Lipinski definition) is 0. The van der Waals surface area contributed by atoms with E-state index in [1.54, 1.807) is 0 Å². The molecule has 2 fully saturated rings. The largest absolute Gasteiger partial charge is 0.317 e. The zero-order chi connectivity index (χ0) is 9.53. The van der Waals surface area contributed by atoms with Gasteiger partial charge in [-0.2, -0.15) is 0 Å². The average molecular weight is 184 g/mol. The van der Waals surface area contributed by atoms with Crippen LogP contribution < -0.4 is 0 Å². The maximum absolute atomic E-state index is 12.5. The van der Waals surface area contributed by atoms with Gasteiger partial charge >= 0.3 is 0 Å². The van der Waals surface area contributed by atoms with Gasteiger partial charge in [0.25, 0.3) is 0 Å². The number of rotatable bonds is 1. The second kappa shape index (κ2) is 2.81. The van der Waals surface area contributed by atoms with Gasteiger partial charge in [0, 0.05) is 24.8 Å². The second-order valence-electron chi connectivity index (χ2n) is 4.90. The van der Waals surface area contributed by atoms with Crippen LogP contribution in [0.4, 0.5) is 4.39 Å². The number of quaternary nitrogens is 1. The highest BCUT2D eigenvalue weighted by atomic mass is 19.1. The third-order valence-corrected chi connectivity index (χ3v) is 4.36. The number of likely N-dealkylation sites (N-methyl/N-ethyl adjacent to an activating group) is 1. The van der Waals surface area contributed by atoms with Crippen molar-refractivity contribution in [2.75, 3.05) is 20.1 Å². The first-order valence-electron chi connectivity index (χ1n) is 5.29. The lowest BCUT2D eigenvalue weighted by Gasteiger charge is -2.39. The lowest BCUT2D eigenvalue weighted by atomic mass is 9.89. The van der Waals surface area contributed by atoms with E-state index < -0.39 is 0 Å². The van der Waals surface area contributed by atoms with Gasteiger partial charge < -0.3 is 4.48 Å². The zero-order valence-electron chi connectivity index (χ0n) is 8.65. The molecule has 0 amide bonds. The molecule has 13 heavy (non-hydrogen) atoms. The quantitative estimate of drug-likeness (QED) is 0.550. The lowest BCUT2D eigenvalue weighted by molar-refractivity contribution is -0.932. The zero-order valence-corrected chi connectivity index (χ0v) is 8.65. The summed E-state index contributed by atoms with van der Waals surface area (Å²) < 4.78 is 13.6. The van der Waals surface area contributed by atoms with Gasteiger partial charge in [-0.05, 0) is 6.42 Å². The SMILES string of the molecule is CCC12CCC[N+]1(C)C/C(=C/F)C2. The highest BCUT2D eigenvalue weighted by Gasteiger charge is 2.56. The van der Waals surface area contributed by atoms with Crippen molar-refractivity contribution in [3.63, 3.8) is 0 Å². The van der Waals surface area contributed by atoms with Gasteiger partial charge in [-0.25, -0.2) is 4.39 Å². The number of fused-ring (bicyclic) bond motifs is 1. The smallest absolute Gasteiger partial charge is 0.103 e. The Hall–Kier alpha value is -0.370. The minimum atomic E-state index is 0.387. The molecule has 2 atom stereocenters. The molecule has 0 aromatic rings. The molecule has 2 aliphatic rings. The van der Waals surface area contributed by atoms with Crippen LogP contribution >= 0.6 is 0 Å². The highest BCUT2D eigenvalue weighted by molar-refractivity contribution is 5.11. The summed E-state index contributed by atoms with van der Waals surface area (Å²) in [6.45, 7) is 4.44. The van der Waals surface area contributed by atoms with E-state index in [9.17, 15) is 4.39 Å². The van der Waals surface area contributed by atoms with E-state index in [2.05, 4.69) is 14.0 Å². The number of hydrogen-bond acceptors (Lipinski definition) is 0. The Morgan fingerprint density at radius 3 is 2.92 bits per heavy atom. The van der Waals surface area contributed by atoms with Crippen LogP contribution in [0.25, 0.3) is 0 Å².